The Morgan fingerprint density at radius 3 is 2.75 bits per heavy atom. The van der Waals surface area contributed by atoms with Gasteiger partial charge in [0.25, 0.3) is 0 Å². The summed E-state index contributed by atoms with van der Waals surface area (Å²) in [6.45, 7) is 0. The van der Waals surface area contributed by atoms with E-state index < -0.39 is 0 Å². The minimum atomic E-state index is -0.0176. The van der Waals surface area contributed by atoms with E-state index in [9.17, 15) is 4.79 Å². The van der Waals surface area contributed by atoms with Gasteiger partial charge in [0.15, 0.2) is 0 Å². The molecule has 1 aliphatic rings. The second kappa shape index (κ2) is 6.42. The number of benzene rings is 1. The van der Waals surface area contributed by atoms with Crippen molar-refractivity contribution in [2.75, 3.05) is 5.32 Å². The molecule has 0 atom stereocenters. The summed E-state index contributed by atoms with van der Waals surface area (Å²) in [6.07, 6.45) is 2.65. The third kappa shape index (κ3) is 3.23. The van der Waals surface area contributed by atoms with Crippen molar-refractivity contribution < 1.29 is 4.79 Å². The maximum absolute atomic E-state index is 12.4. The molecule has 3 aromatic rings. The van der Waals surface area contributed by atoms with E-state index >= 15 is 0 Å². The molecule has 0 unspecified atom stereocenters. The molecule has 0 aliphatic heterocycles. The number of rotatable bonds is 5. The van der Waals surface area contributed by atoms with E-state index in [-0.39, 0.29) is 5.91 Å². The van der Waals surface area contributed by atoms with Gasteiger partial charge in [-0.05, 0) is 36.4 Å². The van der Waals surface area contributed by atoms with E-state index in [4.69, 9.17) is 11.6 Å². The minimum absolute atomic E-state index is 0.0176. The molecule has 1 aliphatic carbocycles. The van der Waals surface area contributed by atoms with Crippen LogP contribution in [0.3, 0.4) is 0 Å². The number of nitrogens with zero attached hydrogens (tertiary/aromatic N) is 1. The number of amides is 1. The van der Waals surface area contributed by atoms with Gasteiger partial charge in [0.2, 0.25) is 5.91 Å². The normalized spacial score (nSPS) is 13.9. The summed E-state index contributed by atoms with van der Waals surface area (Å²) in [4.78, 5) is 13.5. The zero-order valence-corrected chi connectivity index (χ0v) is 14.5. The maximum Gasteiger partial charge on any atom is 0.229 e. The van der Waals surface area contributed by atoms with Crippen molar-refractivity contribution >= 4 is 34.5 Å². The number of nitrogens with one attached hydrogen (secondary N) is 2. The van der Waals surface area contributed by atoms with Gasteiger partial charge in [-0.25, -0.2) is 0 Å². The van der Waals surface area contributed by atoms with E-state index in [2.05, 4.69) is 15.5 Å². The minimum Gasteiger partial charge on any atom is -0.322 e. The molecule has 6 heteroatoms. The van der Waals surface area contributed by atoms with Crippen LogP contribution in [0, 0.1) is 0 Å². The summed E-state index contributed by atoms with van der Waals surface area (Å²) in [5.74, 6) is 0.451. The highest BCUT2D eigenvalue weighted by Gasteiger charge is 2.30. The number of hydrogen-bond donors (Lipinski definition) is 2. The first-order valence-corrected chi connectivity index (χ1v) is 9.13. The van der Waals surface area contributed by atoms with Crippen LogP contribution in [-0.4, -0.2) is 16.1 Å². The van der Waals surface area contributed by atoms with E-state index in [1.54, 1.807) is 11.3 Å². The van der Waals surface area contributed by atoms with Crippen LogP contribution >= 0.6 is 22.9 Å². The lowest BCUT2D eigenvalue weighted by molar-refractivity contribution is -0.115. The molecule has 1 fully saturated rings. The van der Waals surface area contributed by atoms with Crippen molar-refractivity contribution in [2.45, 2.75) is 25.2 Å². The van der Waals surface area contributed by atoms with E-state index in [1.165, 1.54) is 0 Å². The first-order chi connectivity index (χ1) is 11.7. The van der Waals surface area contributed by atoms with Crippen LogP contribution in [-0.2, 0) is 11.2 Å². The van der Waals surface area contributed by atoms with Gasteiger partial charge in [0.1, 0.15) is 5.69 Å². The fourth-order valence-corrected chi connectivity index (χ4v) is 3.55. The smallest absolute Gasteiger partial charge is 0.229 e. The summed E-state index contributed by atoms with van der Waals surface area (Å²) in [6, 6.07) is 11.4. The van der Waals surface area contributed by atoms with Gasteiger partial charge >= 0.3 is 0 Å². The second-order valence-corrected chi connectivity index (χ2v) is 7.42. The van der Waals surface area contributed by atoms with Gasteiger partial charge in [0.05, 0.1) is 17.8 Å². The predicted molar refractivity (Wildman–Crippen MR) is 97.7 cm³/mol. The zero-order chi connectivity index (χ0) is 16.5. The molecule has 1 saturated carbocycles. The Morgan fingerprint density at radius 1 is 1.29 bits per heavy atom. The molecule has 4 rings (SSSR count). The molecule has 0 saturated heterocycles. The molecular formula is C18H16ClN3OS. The molecule has 1 aromatic carbocycles. The van der Waals surface area contributed by atoms with E-state index in [1.807, 2.05) is 41.8 Å². The Kier molecular flexibility index (Phi) is 4.12. The second-order valence-electron chi connectivity index (χ2n) is 5.95. The number of H-pyrrole nitrogens is 1. The number of aromatic nitrogens is 2. The van der Waals surface area contributed by atoms with Crippen LogP contribution in [0.4, 0.5) is 5.69 Å². The topological polar surface area (TPSA) is 57.8 Å². The van der Waals surface area contributed by atoms with Crippen LogP contribution in [0.15, 0.2) is 41.8 Å². The Bertz CT molecular complexity index is 851. The molecule has 0 radical (unpaired) electrons. The van der Waals surface area contributed by atoms with Crippen molar-refractivity contribution in [3.8, 4) is 11.3 Å². The lowest BCUT2D eigenvalue weighted by atomic mass is 10.1. The average Bonchev–Trinajstić information content (AvgIpc) is 3.13. The van der Waals surface area contributed by atoms with Crippen molar-refractivity contribution in [3.05, 3.63) is 57.4 Å². The highest BCUT2D eigenvalue weighted by molar-refractivity contribution is 7.10. The SMILES string of the molecule is O=C(Cc1cccs1)Nc1c(-c2ccc(Cl)cc2)n[nH]c1C1CC1. The number of anilines is 1. The van der Waals surface area contributed by atoms with E-state index in [0.29, 0.717) is 17.4 Å². The highest BCUT2D eigenvalue weighted by Crippen LogP contribution is 2.45. The molecule has 2 aromatic heterocycles. The maximum atomic E-state index is 12.4. The Balaban J connectivity index is 1.63. The first kappa shape index (κ1) is 15.4. The third-order valence-electron chi connectivity index (χ3n) is 4.08. The van der Waals surface area contributed by atoms with Gasteiger partial charge in [-0.2, -0.15) is 5.10 Å². The highest BCUT2D eigenvalue weighted by atomic mass is 35.5. The Morgan fingerprint density at radius 2 is 2.08 bits per heavy atom. The third-order valence-corrected chi connectivity index (χ3v) is 5.21. The lowest BCUT2D eigenvalue weighted by Crippen LogP contribution is -2.15. The Labute approximate surface area is 148 Å². The van der Waals surface area contributed by atoms with Crippen LogP contribution in [0.1, 0.15) is 29.3 Å². The molecule has 0 bridgehead atoms. The fourth-order valence-electron chi connectivity index (χ4n) is 2.72. The van der Waals surface area contributed by atoms with Gasteiger partial charge in [-0.15, -0.1) is 11.3 Å². The zero-order valence-electron chi connectivity index (χ0n) is 12.9. The van der Waals surface area contributed by atoms with Crippen LogP contribution in [0.5, 0.6) is 0 Å². The predicted octanol–water partition coefficient (Wildman–Crippen LogP) is 4.85. The van der Waals surface area contributed by atoms with Crippen LogP contribution < -0.4 is 5.32 Å². The van der Waals surface area contributed by atoms with Gasteiger partial charge in [-0.1, -0.05) is 29.8 Å². The summed E-state index contributed by atoms with van der Waals surface area (Å²) in [5, 5.41) is 13.3. The molecule has 122 valence electrons. The summed E-state index contributed by atoms with van der Waals surface area (Å²) in [5.41, 5.74) is 3.54. The van der Waals surface area contributed by atoms with Crippen LogP contribution in [0.2, 0.25) is 5.02 Å². The fraction of sp³-hybridized carbons (Fsp3) is 0.222. The number of thiophene rings is 1. The van der Waals surface area contributed by atoms with Crippen molar-refractivity contribution in [1.82, 2.24) is 10.2 Å². The quantitative estimate of drug-likeness (QED) is 0.685. The van der Waals surface area contributed by atoms with Crippen molar-refractivity contribution in [1.29, 1.82) is 0 Å². The lowest BCUT2D eigenvalue weighted by Gasteiger charge is -2.08. The molecule has 1 amide bonds. The van der Waals surface area contributed by atoms with E-state index in [0.717, 1.165) is 40.4 Å². The first-order valence-electron chi connectivity index (χ1n) is 7.87. The molecule has 2 N–H and O–H groups in total. The van der Waals surface area contributed by atoms with Gasteiger partial charge < -0.3 is 5.32 Å². The largest absolute Gasteiger partial charge is 0.322 e. The molecular weight excluding hydrogens is 342 g/mol. The van der Waals surface area contributed by atoms with Crippen LogP contribution in [0.25, 0.3) is 11.3 Å². The number of carbonyl (C=O) groups excluding carboxylic acids is 1. The van der Waals surface area contributed by atoms with Gasteiger partial charge in [-0.3, -0.25) is 9.89 Å². The summed E-state index contributed by atoms with van der Waals surface area (Å²) < 4.78 is 0. The average molecular weight is 358 g/mol. The Hall–Kier alpha value is -2.11. The number of hydrogen-bond acceptors (Lipinski definition) is 3. The van der Waals surface area contributed by atoms with Crippen molar-refractivity contribution in [3.63, 3.8) is 0 Å². The number of aromatic amines is 1. The molecule has 24 heavy (non-hydrogen) atoms. The molecule has 4 nitrogen and oxygen atoms in total. The van der Waals surface area contributed by atoms with Gasteiger partial charge in [0, 0.05) is 21.4 Å². The van der Waals surface area contributed by atoms with Crippen molar-refractivity contribution in [2.24, 2.45) is 0 Å². The summed E-state index contributed by atoms with van der Waals surface area (Å²) >= 11 is 7.56. The standard InChI is InChI=1S/C18H16ClN3OS/c19-13-7-5-12(6-8-13)17-18(16(21-22-17)11-3-4-11)20-15(23)10-14-2-1-9-24-14/h1-2,5-9,11H,3-4,10H2,(H,20,23)(H,21,22). The molecule has 0 spiro atoms. The summed E-state index contributed by atoms with van der Waals surface area (Å²) in [7, 11) is 0. The molecule has 2 heterocycles. The number of carbonyl (C=O) groups is 1. The number of halogens is 1. The monoisotopic (exact) mass is 357 g/mol.